The zero-order chi connectivity index (χ0) is 20.1. The molecule has 3 aromatic heterocycles. The maximum atomic E-state index is 13.7. The maximum Gasteiger partial charge on any atom is 0.265 e. The molecule has 0 amide bonds. The van der Waals surface area contributed by atoms with E-state index in [1.165, 1.54) is 6.42 Å². The third kappa shape index (κ3) is 2.56. The van der Waals surface area contributed by atoms with Crippen molar-refractivity contribution >= 4 is 33.2 Å². The molecule has 2 aromatic carbocycles. The van der Waals surface area contributed by atoms with E-state index in [9.17, 15) is 4.79 Å². The summed E-state index contributed by atoms with van der Waals surface area (Å²) in [5, 5.41) is 0.556. The van der Waals surface area contributed by atoms with Crippen molar-refractivity contribution in [3.63, 3.8) is 0 Å². The van der Waals surface area contributed by atoms with Crippen molar-refractivity contribution in [1.82, 2.24) is 24.1 Å². The molecule has 0 saturated heterocycles. The molecule has 1 aliphatic carbocycles. The van der Waals surface area contributed by atoms with Gasteiger partial charge in [0.15, 0.2) is 11.3 Å². The Morgan fingerprint density at radius 3 is 2.27 bits per heavy atom. The summed E-state index contributed by atoms with van der Waals surface area (Å²) in [6.07, 6.45) is 7.33. The van der Waals surface area contributed by atoms with Gasteiger partial charge in [-0.1, -0.05) is 49.6 Å². The quantitative estimate of drug-likeness (QED) is 0.431. The highest BCUT2D eigenvalue weighted by molar-refractivity contribution is 6.05. The highest BCUT2D eigenvalue weighted by atomic mass is 16.1. The van der Waals surface area contributed by atoms with Crippen LogP contribution in [0.3, 0.4) is 0 Å². The van der Waals surface area contributed by atoms with Gasteiger partial charge in [-0.05, 0) is 37.1 Å². The van der Waals surface area contributed by atoms with Crippen LogP contribution in [-0.4, -0.2) is 24.1 Å². The van der Waals surface area contributed by atoms with E-state index in [2.05, 4.69) is 0 Å². The molecule has 0 atom stereocenters. The molecule has 30 heavy (non-hydrogen) atoms. The van der Waals surface area contributed by atoms with Crippen LogP contribution in [0.1, 0.15) is 38.1 Å². The Bertz CT molecular complexity index is 1450. The van der Waals surface area contributed by atoms with Crippen LogP contribution in [0.2, 0.25) is 0 Å². The van der Waals surface area contributed by atoms with Crippen molar-refractivity contribution in [2.75, 3.05) is 0 Å². The van der Waals surface area contributed by atoms with Crippen LogP contribution >= 0.6 is 0 Å². The first-order chi connectivity index (χ1) is 14.8. The minimum absolute atomic E-state index is 0.0174. The van der Waals surface area contributed by atoms with Crippen LogP contribution < -0.4 is 5.56 Å². The molecule has 0 N–H and O–H groups in total. The number of hydrogen-bond donors (Lipinski definition) is 0. The Kier molecular flexibility index (Phi) is 3.91. The molecule has 6 heteroatoms. The maximum absolute atomic E-state index is 13.7. The van der Waals surface area contributed by atoms with Crippen molar-refractivity contribution in [1.29, 1.82) is 0 Å². The molecular formula is C24H21N5O. The summed E-state index contributed by atoms with van der Waals surface area (Å²) < 4.78 is 3.78. The van der Waals surface area contributed by atoms with Gasteiger partial charge in [0.05, 0.1) is 11.0 Å². The van der Waals surface area contributed by atoms with Crippen molar-refractivity contribution < 1.29 is 0 Å². The standard InChI is InChI=1S/C24H21N5O/c30-24-20-21-23(27-19-14-8-7-13-18(19)26-21)29(17-11-5-2-6-12-17)22(20)25-15-28(24)16-9-3-1-4-10-16/h2,5-8,11-16H,1,3-4,9-10H2. The van der Waals surface area contributed by atoms with Crippen LogP contribution in [-0.2, 0) is 0 Å². The average molecular weight is 395 g/mol. The van der Waals surface area contributed by atoms with Crippen molar-refractivity contribution in [3.8, 4) is 5.69 Å². The summed E-state index contributed by atoms with van der Waals surface area (Å²) in [6, 6.07) is 17.9. The molecule has 0 aliphatic heterocycles. The van der Waals surface area contributed by atoms with E-state index in [4.69, 9.17) is 15.0 Å². The molecule has 6 nitrogen and oxygen atoms in total. The minimum atomic E-state index is -0.0174. The van der Waals surface area contributed by atoms with Crippen LogP contribution in [0, 0.1) is 0 Å². The van der Waals surface area contributed by atoms with Gasteiger partial charge in [0, 0.05) is 11.7 Å². The van der Waals surface area contributed by atoms with Gasteiger partial charge in [0.2, 0.25) is 0 Å². The summed E-state index contributed by atoms with van der Waals surface area (Å²) in [4.78, 5) is 28.2. The molecule has 0 bridgehead atoms. The summed E-state index contributed by atoms with van der Waals surface area (Å²) >= 11 is 0. The van der Waals surface area contributed by atoms with E-state index in [-0.39, 0.29) is 11.6 Å². The highest BCUT2D eigenvalue weighted by Crippen LogP contribution is 2.30. The fourth-order valence-electron chi connectivity index (χ4n) is 4.69. The van der Waals surface area contributed by atoms with E-state index >= 15 is 0 Å². The van der Waals surface area contributed by atoms with Gasteiger partial charge >= 0.3 is 0 Å². The largest absolute Gasteiger partial charge is 0.295 e. The highest BCUT2D eigenvalue weighted by Gasteiger charge is 2.23. The lowest BCUT2D eigenvalue weighted by molar-refractivity contribution is 0.345. The van der Waals surface area contributed by atoms with Crippen LogP contribution in [0.25, 0.3) is 38.9 Å². The normalized spacial score (nSPS) is 15.3. The zero-order valence-corrected chi connectivity index (χ0v) is 16.5. The van der Waals surface area contributed by atoms with Gasteiger partial charge in [0.25, 0.3) is 5.56 Å². The number of hydrogen-bond acceptors (Lipinski definition) is 4. The molecule has 0 unspecified atom stereocenters. The van der Waals surface area contributed by atoms with Gasteiger partial charge in [-0.3, -0.25) is 13.9 Å². The van der Waals surface area contributed by atoms with Crippen molar-refractivity contribution in [2.24, 2.45) is 0 Å². The SMILES string of the molecule is O=c1c2c3nc4ccccc4nc3n(-c3ccccc3)c2ncn1C1CCCCC1. The molecule has 5 aromatic rings. The lowest BCUT2D eigenvalue weighted by Crippen LogP contribution is -2.26. The fourth-order valence-corrected chi connectivity index (χ4v) is 4.69. The summed E-state index contributed by atoms with van der Waals surface area (Å²) in [7, 11) is 0. The van der Waals surface area contributed by atoms with Crippen LogP contribution in [0.5, 0.6) is 0 Å². The first kappa shape index (κ1) is 17.3. The summed E-state index contributed by atoms with van der Waals surface area (Å²) in [6.45, 7) is 0. The number of nitrogens with zero attached hydrogens (tertiary/aromatic N) is 5. The number of rotatable bonds is 2. The van der Waals surface area contributed by atoms with E-state index < -0.39 is 0 Å². The molecule has 6 rings (SSSR count). The molecular weight excluding hydrogens is 374 g/mol. The van der Waals surface area contributed by atoms with Crippen molar-refractivity contribution in [3.05, 3.63) is 71.3 Å². The van der Waals surface area contributed by atoms with E-state index in [1.54, 1.807) is 6.33 Å². The second-order valence-electron chi connectivity index (χ2n) is 8.00. The van der Waals surface area contributed by atoms with Gasteiger partial charge in [-0.2, -0.15) is 0 Å². The number of benzene rings is 2. The summed E-state index contributed by atoms with van der Waals surface area (Å²) in [5.41, 5.74) is 4.39. The van der Waals surface area contributed by atoms with Gasteiger partial charge in [0.1, 0.15) is 17.2 Å². The van der Waals surface area contributed by atoms with E-state index in [1.807, 2.05) is 63.7 Å². The number of aromatic nitrogens is 5. The van der Waals surface area contributed by atoms with Crippen LogP contribution in [0.15, 0.2) is 65.7 Å². The molecule has 1 fully saturated rings. The molecule has 0 spiro atoms. The summed E-state index contributed by atoms with van der Waals surface area (Å²) in [5.74, 6) is 0. The smallest absolute Gasteiger partial charge is 0.265 e. The van der Waals surface area contributed by atoms with Crippen molar-refractivity contribution in [2.45, 2.75) is 38.1 Å². The molecule has 1 aliphatic rings. The first-order valence-corrected chi connectivity index (χ1v) is 10.5. The number of fused-ring (bicyclic) bond motifs is 4. The molecule has 0 radical (unpaired) electrons. The molecule has 3 heterocycles. The average Bonchev–Trinajstić information content (AvgIpc) is 3.13. The second-order valence-corrected chi connectivity index (χ2v) is 8.00. The monoisotopic (exact) mass is 395 g/mol. The zero-order valence-electron chi connectivity index (χ0n) is 16.5. The Balaban J connectivity index is 1.74. The first-order valence-electron chi connectivity index (χ1n) is 10.5. The third-order valence-corrected chi connectivity index (χ3v) is 6.17. The van der Waals surface area contributed by atoms with Crippen LogP contribution in [0.4, 0.5) is 0 Å². The fraction of sp³-hybridized carbons (Fsp3) is 0.250. The minimum Gasteiger partial charge on any atom is -0.295 e. The third-order valence-electron chi connectivity index (χ3n) is 6.17. The van der Waals surface area contributed by atoms with Gasteiger partial charge in [-0.15, -0.1) is 0 Å². The van der Waals surface area contributed by atoms with E-state index in [0.29, 0.717) is 22.2 Å². The lowest BCUT2D eigenvalue weighted by Gasteiger charge is -2.23. The predicted octanol–water partition coefficient (Wildman–Crippen LogP) is 4.79. The van der Waals surface area contributed by atoms with Gasteiger partial charge < -0.3 is 0 Å². The van der Waals surface area contributed by atoms with Gasteiger partial charge in [-0.25, -0.2) is 15.0 Å². The Morgan fingerprint density at radius 1 is 0.800 bits per heavy atom. The predicted molar refractivity (Wildman–Crippen MR) is 118 cm³/mol. The Labute approximate surface area is 172 Å². The molecule has 148 valence electrons. The Morgan fingerprint density at radius 2 is 1.50 bits per heavy atom. The van der Waals surface area contributed by atoms with E-state index in [0.717, 1.165) is 42.4 Å². The number of para-hydroxylation sites is 3. The molecule has 1 saturated carbocycles. The topological polar surface area (TPSA) is 65.6 Å². The lowest BCUT2D eigenvalue weighted by atomic mass is 9.95. The Hall–Kier alpha value is -3.54. The second kappa shape index (κ2) is 6.76.